The van der Waals surface area contributed by atoms with Crippen molar-refractivity contribution in [2.75, 3.05) is 44.8 Å². The van der Waals surface area contributed by atoms with Gasteiger partial charge in [0.05, 0.1) is 18.6 Å². The SMILES string of the molecule is CNC(=O)c1cc(C2CCCN2)c2oc(N3CCOCC3)cc(=O)c2c1. The van der Waals surface area contributed by atoms with Crippen molar-refractivity contribution < 1.29 is 13.9 Å². The normalized spacial score (nSPS) is 20.5. The van der Waals surface area contributed by atoms with Crippen molar-refractivity contribution in [1.82, 2.24) is 10.6 Å². The van der Waals surface area contributed by atoms with Gasteiger partial charge in [0.15, 0.2) is 11.3 Å². The van der Waals surface area contributed by atoms with Crippen LogP contribution >= 0.6 is 0 Å². The molecule has 4 rings (SSSR count). The molecule has 2 N–H and O–H groups in total. The van der Waals surface area contributed by atoms with Crippen LogP contribution in [0.1, 0.15) is 34.8 Å². The summed E-state index contributed by atoms with van der Waals surface area (Å²) < 4.78 is 11.6. The van der Waals surface area contributed by atoms with E-state index in [2.05, 4.69) is 10.6 Å². The number of rotatable bonds is 3. The lowest BCUT2D eigenvalue weighted by molar-refractivity contribution is 0.0963. The third-order valence-electron chi connectivity index (χ3n) is 5.09. The molecule has 7 nitrogen and oxygen atoms in total. The van der Waals surface area contributed by atoms with E-state index >= 15 is 0 Å². The molecule has 0 spiro atoms. The summed E-state index contributed by atoms with van der Waals surface area (Å²) in [6.45, 7) is 3.55. The highest BCUT2D eigenvalue weighted by molar-refractivity contribution is 5.98. The number of carbonyl (C=O) groups is 1. The molecule has 0 saturated carbocycles. The van der Waals surface area contributed by atoms with Gasteiger partial charge in [-0.15, -0.1) is 0 Å². The van der Waals surface area contributed by atoms with Crippen molar-refractivity contribution >= 4 is 22.8 Å². The van der Waals surface area contributed by atoms with Crippen LogP contribution in [0.5, 0.6) is 0 Å². The summed E-state index contributed by atoms with van der Waals surface area (Å²) >= 11 is 0. The number of amides is 1. The van der Waals surface area contributed by atoms with E-state index in [-0.39, 0.29) is 17.4 Å². The Balaban J connectivity index is 1.89. The average molecular weight is 357 g/mol. The van der Waals surface area contributed by atoms with Crippen molar-refractivity contribution in [2.24, 2.45) is 0 Å². The second-order valence-corrected chi connectivity index (χ2v) is 6.72. The van der Waals surface area contributed by atoms with Gasteiger partial charge in [-0.1, -0.05) is 0 Å². The van der Waals surface area contributed by atoms with Gasteiger partial charge in [0.25, 0.3) is 5.91 Å². The number of hydrogen-bond acceptors (Lipinski definition) is 6. The van der Waals surface area contributed by atoms with Crippen molar-refractivity contribution in [2.45, 2.75) is 18.9 Å². The molecule has 1 aromatic carbocycles. The zero-order chi connectivity index (χ0) is 18.1. The highest BCUT2D eigenvalue weighted by Gasteiger charge is 2.24. The first-order valence-corrected chi connectivity index (χ1v) is 9.07. The summed E-state index contributed by atoms with van der Waals surface area (Å²) in [7, 11) is 1.59. The van der Waals surface area contributed by atoms with Crippen LogP contribution in [-0.4, -0.2) is 45.8 Å². The lowest BCUT2D eigenvalue weighted by Crippen LogP contribution is -2.36. The molecule has 1 unspecified atom stereocenters. The second kappa shape index (κ2) is 7.09. The highest BCUT2D eigenvalue weighted by atomic mass is 16.5. The summed E-state index contributed by atoms with van der Waals surface area (Å²) in [5.41, 5.74) is 1.81. The summed E-state index contributed by atoms with van der Waals surface area (Å²) in [5, 5.41) is 6.52. The van der Waals surface area contributed by atoms with E-state index < -0.39 is 0 Å². The zero-order valence-electron chi connectivity index (χ0n) is 14.8. The molecule has 2 aliphatic rings. The molecule has 2 aliphatic heterocycles. The van der Waals surface area contributed by atoms with Crippen LogP contribution in [-0.2, 0) is 4.74 Å². The van der Waals surface area contributed by atoms with E-state index in [0.717, 1.165) is 24.9 Å². The first kappa shape index (κ1) is 17.1. The zero-order valence-corrected chi connectivity index (χ0v) is 14.8. The Hall–Kier alpha value is -2.38. The Kier molecular flexibility index (Phi) is 4.65. The smallest absolute Gasteiger partial charge is 0.251 e. The first-order chi connectivity index (χ1) is 12.7. The van der Waals surface area contributed by atoms with Gasteiger partial charge in [-0.25, -0.2) is 0 Å². The molecular formula is C19H23N3O4. The molecule has 0 aliphatic carbocycles. The first-order valence-electron chi connectivity index (χ1n) is 9.07. The van der Waals surface area contributed by atoms with Crippen LogP contribution in [0.25, 0.3) is 11.0 Å². The van der Waals surface area contributed by atoms with E-state index in [0.29, 0.717) is 48.7 Å². The molecule has 7 heteroatoms. The summed E-state index contributed by atoms with van der Waals surface area (Å²) in [4.78, 5) is 27.0. The predicted octanol–water partition coefficient (Wildman–Crippen LogP) is 1.41. The number of benzene rings is 1. The summed E-state index contributed by atoms with van der Waals surface area (Å²) in [5.74, 6) is 0.362. The Labute approximate surface area is 151 Å². The fourth-order valence-electron chi connectivity index (χ4n) is 3.70. The molecule has 2 fully saturated rings. The Bertz CT molecular complexity index is 880. The number of fused-ring (bicyclic) bond motifs is 1. The van der Waals surface area contributed by atoms with Gasteiger partial charge in [-0.2, -0.15) is 0 Å². The molecule has 1 atom stereocenters. The molecule has 2 saturated heterocycles. The minimum absolute atomic E-state index is 0.0881. The Morgan fingerprint density at radius 2 is 2.08 bits per heavy atom. The van der Waals surface area contributed by atoms with Gasteiger partial charge in [0.2, 0.25) is 0 Å². The van der Waals surface area contributed by atoms with Crippen molar-refractivity contribution in [3.05, 3.63) is 39.5 Å². The van der Waals surface area contributed by atoms with Crippen LogP contribution in [0.4, 0.5) is 5.88 Å². The van der Waals surface area contributed by atoms with Crippen LogP contribution in [0, 0.1) is 0 Å². The van der Waals surface area contributed by atoms with Crippen LogP contribution in [0.15, 0.2) is 27.4 Å². The molecule has 26 heavy (non-hydrogen) atoms. The molecule has 3 heterocycles. The number of morpholine rings is 1. The fourth-order valence-corrected chi connectivity index (χ4v) is 3.70. The number of nitrogens with one attached hydrogen (secondary N) is 2. The molecule has 1 amide bonds. The van der Waals surface area contributed by atoms with Gasteiger partial charge < -0.3 is 24.7 Å². The standard InChI is InChI=1S/C19H23N3O4/c1-20-19(24)12-9-13(15-3-2-4-21-15)18-14(10-12)16(23)11-17(26-18)22-5-7-25-8-6-22/h9-11,15,21H,2-8H2,1H3,(H,20,24). The van der Waals surface area contributed by atoms with Crippen molar-refractivity contribution in [3.8, 4) is 0 Å². The Morgan fingerprint density at radius 1 is 1.27 bits per heavy atom. The lowest BCUT2D eigenvalue weighted by Gasteiger charge is -2.27. The maximum Gasteiger partial charge on any atom is 0.251 e. The van der Waals surface area contributed by atoms with E-state index in [1.807, 2.05) is 11.0 Å². The van der Waals surface area contributed by atoms with Gasteiger partial charge in [0.1, 0.15) is 5.58 Å². The topological polar surface area (TPSA) is 83.8 Å². The molecule has 2 aromatic rings. The van der Waals surface area contributed by atoms with Crippen molar-refractivity contribution in [1.29, 1.82) is 0 Å². The Morgan fingerprint density at radius 3 is 2.77 bits per heavy atom. The third-order valence-corrected chi connectivity index (χ3v) is 5.09. The summed E-state index contributed by atoms with van der Waals surface area (Å²) in [6, 6.07) is 5.08. The van der Waals surface area contributed by atoms with E-state index in [1.165, 1.54) is 6.07 Å². The highest BCUT2D eigenvalue weighted by Crippen LogP contribution is 2.32. The van der Waals surface area contributed by atoms with Gasteiger partial charge in [-0.05, 0) is 31.5 Å². The molecule has 0 bridgehead atoms. The van der Waals surface area contributed by atoms with Crippen LogP contribution < -0.4 is 21.0 Å². The third kappa shape index (κ3) is 3.08. The van der Waals surface area contributed by atoms with Crippen LogP contribution in [0.3, 0.4) is 0 Å². The average Bonchev–Trinajstić information content (AvgIpc) is 3.22. The number of hydrogen-bond donors (Lipinski definition) is 2. The number of nitrogens with zero attached hydrogens (tertiary/aromatic N) is 1. The molecule has 1 aromatic heterocycles. The van der Waals surface area contributed by atoms with E-state index in [1.54, 1.807) is 13.1 Å². The fraction of sp³-hybridized carbons (Fsp3) is 0.474. The van der Waals surface area contributed by atoms with Crippen molar-refractivity contribution in [3.63, 3.8) is 0 Å². The van der Waals surface area contributed by atoms with Gasteiger partial charge in [-0.3, -0.25) is 9.59 Å². The quantitative estimate of drug-likeness (QED) is 0.864. The maximum atomic E-state index is 12.8. The number of ether oxygens (including phenoxy) is 1. The van der Waals surface area contributed by atoms with E-state index in [9.17, 15) is 9.59 Å². The molecular weight excluding hydrogens is 334 g/mol. The van der Waals surface area contributed by atoms with Gasteiger partial charge >= 0.3 is 0 Å². The maximum absolute atomic E-state index is 12.8. The summed E-state index contributed by atoms with van der Waals surface area (Å²) in [6.07, 6.45) is 2.02. The number of carbonyl (C=O) groups excluding carboxylic acids is 1. The van der Waals surface area contributed by atoms with Crippen LogP contribution in [0.2, 0.25) is 0 Å². The minimum Gasteiger partial charge on any atom is -0.440 e. The lowest BCUT2D eigenvalue weighted by atomic mass is 9.98. The minimum atomic E-state index is -0.206. The molecule has 0 radical (unpaired) electrons. The van der Waals surface area contributed by atoms with E-state index in [4.69, 9.17) is 9.15 Å². The number of anilines is 1. The monoisotopic (exact) mass is 357 g/mol. The largest absolute Gasteiger partial charge is 0.440 e. The van der Waals surface area contributed by atoms with Gasteiger partial charge in [0, 0.05) is 43.4 Å². The second-order valence-electron chi connectivity index (χ2n) is 6.72. The predicted molar refractivity (Wildman–Crippen MR) is 98.9 cm³/mol. The molecule has 138 valence electrons.